The molecule has 3 amide bonds. The zero-order chi connectivity index (χ0) is 15.8. The molecule has 2 heterocycles. The summed E-state index contributed by atoms with van der Waals surface area (Å²) in [5, 5.41) is 6.57. The summed E-state index contributed by atoms with van der Waals surface area (Å²) < 4.78 is 9.44. The van der Waals surface area contributed by atoms with Crippen molar-refractivity contribution in [3.63, 3.8) is 0 Å². The predicted molar refractivity (Wildman–Crippen MR) is 78.6 cm³/mol. The van der Waals surface area contributed by atoms with Gasteiger partial charge >= 0.3 is 12.0 Å². The van der Waals surface area contributed by atoms with Crippen LogP contribution in [0.4, 0.5) is 4.79 Å². The first-order valence-electron chi connectivity index (χ1n) is 6.44. The standard InChI is InChI=1S/C14H14N2O5S/c17-12(9-21-13(18)10-4-6-20-8-10)16-14(19)15-5-3-11-2-1-7-22-11/h1-2,4,6-8H,3,5,9H2,(H2,15,16,17,19). The minimum atomic E-state index is -0.703. The van der Waals surface area contributed by atoms with Gasteiger partial charge in [0.25, 0.3) is 5.91 Å². The van der Waals surface area contributed by atoms with E-state index >= 15 is 0 Å². The highest BCUT2D eigenvalue weighted by atomic mass is 32.1. The van der Waals surface area contributed by atoms with Crippen LogP contribution >= 0.6 is 11.3 Å². The Morgan fingerprint density at radius 3 is 2.82 bits per heavy atom. The lowest BCUT2D eigenvalue weighted by atomic mass is 10.3. The van der Waals surface area contributed by atoms with Crippen LogP contribution in [0.5, 0.6) is 0 Å². The number of furan rings is 1. The van der Waals surface area contributed by atoms with E-state index in [1.807, 2.05) is 17.5 Å². The summed E-state index contributed by atoms with van der Waals surface area (Å²) in [4.78, 5) is 35.5. The third-order valence-corrected chi connectivity index (χ3v) is 3.52. The lowest BCUT2D eigenvalue weighted by molar-refractivity contribution is -0.123. The van der Waals surface area contributed by atoms with Gasteiger partial charge in [0.05, 0.1) is 11.8 Å². The Labute approximate surface area is 130 Å². The van der Waals surface area contributed by atoms with Gasteiger partial charge in [-0.25, -0.2) is 9.59 Å². The number of hydrogen-bond acceptors (Lipinski definition) is 6. The van der Waals surface area contributed by atoms with E-state index in [-0.39, 0.29) is 5.56 Å². The van der Waals surface area contributed by atoms with Crippen molar-refractivity contribution in [3.8, 4) is 0 Å². The van der Waals surface area contributed by atoms with E-state index in [0.29, 0.717) is 13.0 Å². The smallest absolute Gasteiger partial charge is 0.341 e. The molecule has 0 spiro atoms. The summed E-state index contributed by atoms with van der Waals surface area (Å²) >= 11 is 1.59. The number of imide groups is 1. The summed E-state index contributed by atoms with van der Waals surface area (Å²) in [5.74, 6) is -1.40. The highest BCUT2D eigenvalue weighted by Crippen LogP contribution is 2.07. The number of amides is 3. The van der Waals surface area contributed by atoms with Crippen LogP contribution in [-0.2, 0) is 16.0 Å². The number of carbonyl (C=O) groups is 3. The van der Waals surface area contributed by atoms with Gasteiger partial charge in [0.2, 0.25) is 0 Å². The summed E-state index contributed by atoms with van der Waals surface area (Å²) in [5.41, 5.74) is 0.202. The molecule has 0 aliphatic carbocycles. The van der Waals surface area contributed by atoms with E-state index in [1.54, 1.807) is 11.3 Å². The fourth-order valence-corrected chi connectivity index (χ4v) is 2.26. The average Bonchev–Trinajstić information content (AvgIpc) is 3.17. The van der Waals surface area contributed by atoms with Crippen LogP contribution < -0.4 is 10.6 Å². The van der Waals surface area contributed by atoms with Gasteiger partial charge in [-0.05, 0) is 23.9 Å². The molecular weight excluding hydrogens is 308 g/mol. The van der Waals surface area contributed by atoms with Crippen LogP contribution in [0.15, 0.2) is 40.5 Å². The number of carbonyl (C=O) groups excluding carboxylic acids is 3. The molecule has 22 heavy (non-hydrogen) atoms. The Morgan fingerprint density at radius 2 is 2.14 bits per heavy atom. The highest BCUT2D eigenvalue weighted by Gasteiger charge is 2.13. The summed E-state index contributed by atoms with van der Waals surface area (Å²) in [7, 11) is 0. The van der Waals surface area contributed by atoms with Gasteiger partial charge in [-0.1, -0.05) is 6.07 Å². The first kappa shape index (κ1) is 15.8. The largest absolute Gasteiger partial charge is 0.472 e. The molecule has 7 nitrogen and oxygen atoms in total. The first-order chi connectivity index (χ1) is 10.6. The number of nitrogens with one attached hydrogen (secondary N) is 2. The summed E-state index contributed by atoms with van der Waals surface area (Å²) in [6, 6.07) is 4.68. The van der Waals surface area contributed by atoms with E-state index in [0.717, 1.165) is 4.88 Å². The molecule has 2 aromatic rings. The maximum atomic E-state index is 11.5. The van der Waals surface area contributed by atoms with E-state index in [1.165, 1.54) is 18.6 Å². The Morgan fingerprint density at radius 1 is 1.27 bits per heavy atom. The first-order valence-corrected chi connectivity index (χ1v) is 7.32. The lowest BCUT2D eigenvalue weighted by Crippen LogP contribution is -2.42. The Kier molecular flexibility index (Phi) is 5.73. The molecule has 0 fully saturated rings. The topological polar surface area (TPSA) is 97.6 Å². The number of hydrogen-bond donors (Lipinski definition) is 2. The SMILES string of the molecule is O=C(COC(=O)c1ccoc1)NC(=O)NCCc1cccs1. The number of thiophene rings is 1. The Hall–Kier alpha value is -2.61. The van der Waals surface area contributed by atoms with Crippen molar-refractivity contribution in [3.05, 3.63) is 46.5 Å². The number of ether oxygens (including phenoxy) is 1. The molecule has 2 rings (SSSR count). The number of rotatable bonds is 6. The van der Waals surface area contributed by atoms with Gasteiger partial charge in [0.15, 0.2) is 6.61 Å². The molecule has 0 radical (unpaired) electrons. The molecule has 0 unspecified atom stereocenters. The molecule has 0 atom stereocenters. The molecule has 2 aromatic heterocycles. The minimum Gasteiger partial charge on any atom is -0.472 e. The zero-order valence-electron chi connectivity index (χ0n) is 11.5. The lowest BCUT2D eigenvalue weighted by Gasteiger charge is -2.06. The zero-order valence-corrected chi connectivity index (χ0v) is 12.4. The Balaban J connectivity index is 1.61. The van der Waals surface area contributed by atoms with Crippen LogP contribution in [0.3, 0.4) is 0 Å². The molecular formula is C14H14N2O5S. The number of urea groups is 1. The molecule has 0 aliphatic heterocycles. The van der Waals surface area contributed by atoms with Crippen molar-refractivity contribution in [1.29, 1.82) is 0 Å². The number of esters is 1. The summed E-state index contributed by atoms with van der Waals surface area (Å²) in [6.07, 6.45) is 3.21. The second-order valence-electron chi connectivity index (χ2n) is 4.22. The van der Waals surface area contributed by atoms with Gasteiger partial charge in [0.1, 0.15) is 6.26 Å². The molecule has 116 valence electrons. The van der Waals surface area contributed by atoms with Crippen molar-refractivity contribution in [2.24, 2.45) is 0 Å². The molecule has 0 saturated carbocycles. The van der Waals surface area contributed by atoms with Crippen molar-refractivity contribution >= 4 is 29.2 Å². The predicted octanol–water partition coefficient (Wildman–Crippen LogP) is 1.57. The minimum absolute atomic E-state index is 0.202. The second kappa shape index (κ2) is 7.99. The fraction of sp³-hybridized carbons (Fsp3) is 0.214. The van der Waals surface area contributed by atoms with Crippen LogP contribution in [0, 0.1) is 0 Å². The second-order valence-corrected chi connectivity index (χ2v) is 5.25. The van der Waals surface area contributed by atoms with Gasteiger partial charge in [-0.15, -0.1) is 11.3 Å². The Bertz CT molecular complexity index is 622. The van der Waals surface area contributed by atoms with Crippen LogP contribution in [0.25, 0.3) is 0 Å². The van der Waals surface area contributed by atoms with Crippen molar-refractivity contribution in [2.45, 2.75) is 6.42 Å². The van der Waals surface area contributed by atoms with Crippen molar-refractivity contribution in [2.75, 3.05) is 13.2 Å². The third-order valence-electron chi connectivity index (χ3n) is 2.58. The normalized spacial score (nSPS) is 10.0. The van der Waals surface area contributed by atoms with Crippen LogP contribution in [0.1, 0.15) is 15.2 Å². The molecule has 0 bridgehead atoms. The monoisotopic (exact) mass is 322 g/mol. The van der Waals surface area contributed by atoms with Gasteiger partial charge in [0, 0.05) is 11.4 Å². The maximum Gasteiger partial charge on any atom is 0.341 e. The van der Waals surface area contributed by atoms with Gasteiger partial charge in [-0.2, -0.15) is 0 Å². The summed E-state index contributed by atoms with van der Waals surface area (Å²) in [6.45, 7) is -0.128. The van der Waals surface area contributed by atoms with E-state index in [9.17, 15) is 14.4 Å². The van der Waals surface area contributed by atoms with Gasteiger partial charge in [-0.3, -0.25) is 10.1 Å². The quantitative estimate of drug-likeness (QED) is 0.787. The van der Waals surface area contributed by atoms with E-state index in [2.05, 4.69) is 10.6 Å². The fourth-order valence-electron chi connectivity index (χ4n) is 1.56. The van der Waals surface area contributed by atoms with Crippen molar-refractivity contribution in [1.82, 2.24) is 10.6 Å². The average molecular weight is 322 g/mol. The van der Waals surface area contributed by atoms with Crippen LogP contribution in [0.2, 0.25) is 0 Å². The van der Waals surface area contributed by atoms with E-state index in [4.69, 9.17) is 9.15 Å². The molecule has 2 N–H and O–H groups in total. The van der Waals surface area contributed by atoms with Crippen molar-refractivity contribution < 1.29 is 23.5 Å². The molecule has 0 aromatic carbocycles. The van der Waals surface area contributed by atoms with Gasteiger partial charge < -0.3 is 14.5 Å². The van der Waals surface area contributed by atoms with Crippen LogP contribution in [-0.4, -0.2) is 31.1 Å². The maximum absolute atomic E-state index is 11.5. The molecule has 0 aliphatic rings. The molecule has 0 saturated heterocycles. The van der Waals surface area contributed by atoms with E-state index < -0.39 is 24.5 Å². The molecule has 8 heteroatoms. The third kappa shape index (κ3) is 5.06. The highest BCUT2D eigenvalue weighted by molar-refractivity contribution is 7.09.